The molecule has 0 bridgehead atoms. The van der Waals surface area contributed by atoms with E-state index >= 15 is 0 Å². The third-order valence-electron chi connectivity index (χ3n) is 4.48. The lowest BCUT2D eigenvalue weighted by Gasteiger charge is -2.19. The largest absolute Gasteiger partial charge is 0.350 e. The molecule has 1 atom stereocenters. The van der Waals surface area contributed by atoms with E-state index in [0.717, 1.165) is 11.1 Å². The van der Waals surface area contributed by atoms with Crippen LogP contribution in [0.2, 0.25) is 0 Å². The molecular formula is C19H22N4O3. The third-order valence-corrected chi connectivity index (χ3v) is 4.48. The maximum atomic E-state index is 12.9. The first-order valence-electron chi connectivity index (χ1n) is 8.60. The number of nitrogens with zero attached hydrogens (tertiary/aromatic N) is 3. The lowest BCUT2D eigenvalue weighted by Crippen LogP contribution is -2.38. The van der Waals surface area contributed by atoms with Gasteiger partial charge < -0.3 is 9.84 Å². The van der Waals surface area contributed by atoms with Gasteiger partial charge in [0.1, 0.15) is 17.3 Å². The van der Waals surface area contributed by atoms with Gasteiger partial charge in [0.25, 0.3) is 11.3 Å². The van der Waals surface area contributed by atoms with Crippen molar-refractivity contribution in [1.82, 2.24) is 20.0 Å². The number of hydrogen-bond donors (Lipinski definition) is 1. The highest BCUT2D eigenvalue weighted by Gasteiger charge is 2.24. The van der Waals surface area contributed by atoms with E-state index in [1.54, 1.807) is 13.8 Å². The molecule has 0 aliphatic carbocycles. The summed E-state index contributed by atoms with van der Waals surface area (Å²) in [7, 11) is 0. The van der Waals surface area contributed by atoms with Crippen molar-refractivity contribution in [2.45, 2.75) is 46.7 Å². The zero-order valence-corrected chi connectivity index (χ0v) is 15.4. The molecular weight excluding hydrogens is 332 g/mol. The summed E-state index contributed by atoms with van der Waals surface area (Å²) >= 11 is 0. The van der Waals surface area contributed by atoms with Crippen molar-refractivity contribution in [1.29, 1.82) is 0 Å². The van der Waals surface area contributed by atoms with Crippen molar-refractivity contribution in [3.05, 3.63) is 57.3 Å². The number of carbonyl (C=O) groups is 1. The van der Waals surface area contributed by atoms with Crippen LogP contribution < -0.4 is 10.9 Å². The van der Waals surface area contributed by atoms with Crippen molar-refractivity contribution >= 4 is 17.0 Å². The average Bonchev–Trinajstić information content (AvgIpc) is 2.98. The Morgan fingerprint density at radius 1 is 1.23 bits per heavy atom. The van der Waals surface area contributed by atoms with Gasteiger partial charge in [0.05, 0.1) is 5.69 Å². The first-order valence-corrected chi connectivity index (χ1v) is 8.60. The van der Waals surface area contributed by atoms with Crippen molar-refractivity contribution in [2.24, 2.45) is 0 Å². The Morgan fingerprint density at radius 2 is 1.92 bits per heavy atom. The molecule has 136 valence electrons. The van der Waals surface area contributed by atoms with E-state index in [2.05, 4.69) is 15.5 Å². The highest BCUT2D eigenvalue weighted by atomic mass is 16.5. The summed E-state index contributed by atoms with van der Waals surface area (Å²) in [5, 5.41) is 7.03. The monoisotopic (exact) mass is 354 g/mol. The molecule has 7 heteroatoms. The number of nitrogens with one attached hydrogen (secondary N) is 1. The summed E-state index contributed by atoms with van der Waals surface area (Å²) in [5.74, 6) is 0.213. The van der Waals surface area contributed by atoms with Crippen LogP contribution in [0.5, 0.6) is 0 Å². The molecule has 1 amide bonds. The van der Waals surface area contributed by atoms with E-state index in [9.17, 15) is 9.59 Å². The van der Waals surface area contributed by atoms with Gasteiger partial charge in [-0.3, -0.25) is 14.2 Å². The van der Waals surface area contributed by atoms with E-state index in [4.69, 9.17) is 4.52 Å². The highest BCUT2D eigenvalue weighted by Crippen LogP contribution is 2.17. The van der Waals surface area contributed by atoms with Crippen LogP contribution in [0.25, 0.3) is 11.1 Å². The number of carbonyl (C=O) groups excluding carboxylic acids is 1. The minimum absolute atomic E-state index is 0.205. The molecule has 0 saturated carbocycles. The molecule has 0 saturated heterocycles. The summed E-state index contributed by atoms with van der Waals surface area (Å²) in [6, 6.07) is 7.31. The van der Waals surface area contributed by atoms with Crippen LogP contribution in [0, 0.1) is 20.8 Å². The van der Waals surface area contributed by atoms with Gasteiger partial charge in [-0.05, 0) is 32.8 Å². The predicted octanol–water partition coefficient (Wildman–Crippen LogP) is 2.58. The van der Waals surface area contributed by atoms with Gasteiger partial charge in [-0.15, -0.1) is 0 Å². The van der Waals surface area contributed by atoms with Gasteiger partial charge in [-0.2, -0.15) is 4.98 Å². The Morgan fingerprint density at radius 3 is 2.58 bits per heavy atom. The number of aryl methyl sites for hydroxylation is 3. The fourth-order valence-electron chi connectivity index (χ4n) is 3.01. The van der Waals surface area contributed by atoms with Gasteiger partial charge >= 0.3 is 0 Å². The second-order valence-electron chi connectivity index (χ2n) is 6.41. The number of fused-ring (bicyclic) bond motifs is 1. The quantitative estimate of drug-likeness (QED) is 0.760. The van der Waals surface area contributed by atoms with Gasteiger partial charge in [0, 0.05) is 6.54 Å². The molecule has 26 heavy (non-hydrogen) atoms. The zero-order valence-electron chi connectivity index (χ0n) is 15.4. The Kier molecular flexibility index (Phi) is 4.88. The van der Waals surface area contributed by atoms with E-state index in [-0.39, 0.29) is 17.2 Å². The summed E-state index contributed by atoms with van der Waals surface area (Å²) in [5.41, 5.74) is 2.55. The highest BCUT2D eigenvalue weighted by molar-refractivity contribution is 5.81. The van der Waals surface area contributed by atoms with Crippen molar-refractivity contribution in [3.8, 4) is 0 Å². The van der Waals surface area contributed by atoms with Gasteiger partial charge in [-0.25, -0.2) is 0 Å². The Labute approximate surface area is 151 Å². The van der Waals surface area contributed by atoms with Gasteiger partial charge in [-0.1, -0.05) is 41.9 Å². The van der Waals surface area contributed by atoms with Crippen molar-refractivity contribution in [3.63, 3.8) is 0 Å². The van der Waals surface area contributed by atoms with E-state index < -0.39 is 6.04 Å². The van der Waals surface area contributed by atoms with E-state index in [1.165, 1.54) is 4.57 Å². The topological polar surface area (TPSA) is 90.0 Å². The lowest BCUT2D eigenvalue weighted by atomic mass is 10.1. The van der Waals surface area contributed by atoms with Crippen LogP contribution in [0.1, 0.15) is 42.0 Å². The number of hydrogen-bond acceptors (Lipinski definition) is 5. The molecule has 7 nitrogen and oxygen atoms in total. The van der Waals surface area contributed by atoms with Crippen molar-refractivity contribution < 1.29 is 9.32 Å². The number of amides is 1. The van der Waals surface area contributed by atoms with Crippen LogP contribution in [-0.4, -0.2) is 20.6 Å². The lowest BCUT2D eigenvalue weighted by molar-refractivity contribution is -0.124. The second-order valence-corrected chi connectivity index (χ2v) is 6.41. The number of aromatic nitrogens is 3. The molecule has 0 aliphatic rings. The molecule has 3 aromatic rings. The van der Waals surface area contributed by atoms with Gasteiger partial charge in [0.15, 0.2) is 0 Å². The third kappa shape index (κ3) is 3.24. The Balaban J connectivity index is 1.89. The molecule has 2 aromatic heterocycles. The average molecular weight is 354 g/mol. The Hall–Kier alpha value is -2.96. The molecule has 1 aromatic carbocycles. The first-order chi connectivity index (χ1) is 12.4. The fourth-order valence-corrected chi connectivity index (χ4v) is 3.01. The Bertz CT molecular complexity index is 1000. The maximum Gasteiger partial charge on any atom is 0.267 e. The smallest absolute Gasteiger partial charge is 0.267 e. The van der Waals surface area contributed by atoms with Crippen LogP contribution >= 0.6 is 0 Å². The number of rotatable bonds is 5. The normalized spacial score (nSPS) is 12.3. The zero-order chi connectivity index (χ0) is 18.8. The number of benzene rings is 1. The molecule has 0 fully saturated rings. The summed E-state index contributed by atoms with van der Waals surface area (Å²) in [6.07, 6.45) is 0.470. The maximum absolute atomic E-state index is 12.9. The van der Waals surface area contributed by atoms with Crippen molar-refractivity contribution in [2.75, 3.05) is 0 Å². The van der Waals surface area contributed by atoms with Crippen LogP contribution in [-0.2, 0) is 11.3 Å². The standard InChI is InChI=1S/C19H22N4O3/c1-5-15(17(24)20-10-14-8-6-11(2)7-9-14)23-13(4)21-18-16(19(23)25)12(3)22-26-18/h6-9,15H,5,10H2,1-4H3,(H,20,24)/t15-/m1/s1. The SMILES string of the molecule is CC[C@H](C(=O)NCc1ccc(C)cc1)n1c(C)nc2onc(C)c2c1=O. The first kappa shape index (κ1) is 17.8. The second kappa shape index (κ2) is 7.11. The fraction of sp³-hybridized carbons (Fsp3) is 0.368. The molecule has 0 aliphatic heterocycles. The van der Waals surface area contributed by atoms with Crippen LogP contribution in [0.4, 0.5) is 0 Å². The summed E-state index contributed by atoms with van der Waals surface area (Å²) < 4.78 is 6.51. The molecule has 0 radical (unpaired) electrons. The van der Waals surface area contributed by atoms with E-state index in [1.807, 2.05) is 38.1 Å². The molecule has 0 spiro atoms. The summed E-state index contributed by atoms with van der Waals surface area (Å²) in [4.78, 5) is 29.9. The van der Waals surface area contributed by atoms with Gasteiger partial charge in [0.2, 0.25) is 5.91 Å². The van der Waals surface area contributed by atoms with Crippen LogP contribution in [0.3, 0.4) is 0 Å². The molecule has 2 heterocycles. The summed E-state index contributed by atoms with van der Waals surface area (Å²) in [6.45, 7) is 7.67. The molecule has 0 unspecified atom stereocenters. The minimum atomic E-state index is -0.640. The van der Waals surface area contributed by atoms with E-state index in [0.29, 0.717) is 29.9 Å². The minimum Gasteiger partial charge on any atom is -0.350 e. The molecule has 1 N–H and O–H groups in total. The van der Waals surface area contributed by atoms with Crippen LogP contribution in [0.15, 0.2) is 33.6 Å². The molecule has 3 rings (SSSR count). The predicted molar refractivity (Wildman–Crippen MR) is 97.9 cm³/mol.